The lowest BCUT2D eigenvalue weighted by molar-refractivity contribution is 0.0954. The lowest BCUT2D eigenvalue weighted by Gasteiger charge is -2.10. The van der Waals surface area contributed by atoms with Crippen LogP contribution in [0.25, 0.3) is 0 Å². The monoisotopic (exact) mass is 342 g/mol. The van der Waals surface area contributed by atoms with Crippen LogP contribution in [-0.4, -0.2) is 26.9 Å². The van der Waals surface area contributed by atoms with E-state index in [-0.39, 0.29) is 24.9 Å². The fourth-order valence-corrected chi connectivity index (χ4v) is 2.40. The van der Waals surface area contributed by atoms with E-state index in [1.54, 1.807) is 36.4 Å². The molecule has 0 aliphatic heterocycles. The zero-order valence-corrected chi connectivity index (χ0v) is 14.1. The Labute approximate surface area is 146 Å². The SMILES string of the molecule is C/C(CCc1cc(CO)c(O)c(CO)c1)=N/NC(=O)c1ccccc1. The summed E-state index contributed by atoms with van der Waals surface area (Å²) in [4.78, 5) is 11.9. The van der Waals surface area contributed by atoms with E-state index < -0.39 is 0 Å². The molecule has 0 aromatic heterocycles. The number of carbonyl (C=O) groups excluding carboxylic acids is 1. The van der Waals surface area contributed by atoms with Crippen LogP contribution in [0.1, 0.15) is 40.4 Å². The van der Waals surface area contributed by atoms with E-state index >= 15 is 0 Å². The molecule has 0 atom stereocenters. The molecule has 6 heteroatoms. The number of hydrogen-bond donors (Lipinski definition) is 4. The van der Waals surface area contributed by atoms with Gasteiger partial charge in [-0.3, -0.25) is 4.79 Å². The van der Waals surface area contributed by atoms with E-state index in [1.807, 2.05) is 13.0 Å². The first kappa shape index (κ1) is 18.6. The van der Waals surface area contributed by atoms with Crippen LogP contribution < -0.4 is 5.43 Å². The smallest absolute Gasteiger partial charge is 0.271 e. The van der Waals surface area contributed by atoms with Gasteiger partial charge in [0.05, 0.1) is 13.2 Å². The normalized spacial score (nSPS) is 11.4. The van der Waals surface area contributed by atoms with Gasteiger partial charge < -0.3 is 15.3 Å². The predicted molar refractivity (Wildman–Crippen MR) is 95.3 cm³/mol. The van der Waals surface area contributed by atoms with E-state index in [2.05, 4.69) is 10.5 Å². The van der Waals surface area contributed by atoms with Gasteiger partial charge in [0.2, 0.25) is 0 Å². The maximum absolute atomic E-state index is 11.9. The third-order valence-corrected chi connectivity index (χ3v) is 3.83. The first-order valence-corrected chi connectivity index (χ1v) is 7.99. The zero-order chi connectivity index (χ0) is 18.2. The summed E-state index contributed by atoms with van der Waals surface area (Å²) in [5.74, 6) is -0.344. The summed E-state index contributed by atoms with van der Waals surface area (Å²) >= 11 is 0. The molecule has 1 amide bonds. The highest BCUT2D eigenvalue weighted by Crippen LogP contribution is 2.25. The topological polar surface area (TPSA) is 102 Å². The minimum absolute atomic E-state index is 0.0748. The molecule has 6 nitrogen and oxygen atoms in total. The fraction of sp³-hybridized carbons (Fsp3) is 0.263. The molecule has 0 bridgehead atoms. The Bertz CT molecular complexity index is 732. The molecule has 0 heterocycles. The van der Waals surface area contributed by atoms with Crippen LogP contribution in [0.2, 0.25) is 0 Å². The van der Waals surface area contributed by atoms with Gasteiger partial charge in [-0.15, -0.1) is 0 Å². The van der Waals surface area contributed by atoms with E-state index in [0.29, 0.717) is 29.5 Å². The largest absolute Gasteiger partial charge is 0.507 e. The van der Waals surface area contributed by atoms with Gasteiger partial charge in [0.25, 0.3) is 5.91 Å². The summed E-state index contributed by atoms with van der Waals surface area (Å²) < 4.78 is 0. The minimum atomic E-state index is -0.299. The molecular formula is C19H22N2O4. The van der Waals surface area contributed by atoms with Gasteiger partial charge in [-0.05, 0) is 49.6 Å². The molecule has 2 aromatic rings. The second-order valence-corrected chi connectivity index (χ2v) is 5.73. The molecule has 2 aromatic carbocycles. The van der Waals surface area contributed by atoms with Gasteiger partial charge in [-0.25, -0.2) is 5.43 Å². The van der Waals surface area contributed by atoms with Crippen LogP contribution >= 0.6 is 0 Å². The van der Waals surface area contributed by atoms with Crippen LogP contribution in [-0.2, 0) is 19.6 Å². The number of benzene rings is 2. The van der Waals surface area contributed by atoms with Crippen LogP contribution in [0.15, 0.2) is 47.6 Å². The Hall–Kier alpha value is -2.70. The van der Waals surface area contributed by atoms with Crippen molar-refractivity contribution in [3.63, 3.8) is 0 Å². The van der Waals surface area contributed by atoms with Crippen molar-refractivity contribution in [2.45, 2.75) is 33.0 Å². The van der Waals surface area contributed by atoms with Crippen molar-refractivity contribution in [2.75, 3.05) is 0 Å². The summed E-state index contributed by atoms with van der Waals surface area (Å²) in [6, 6.07) is 12.2. The number of nitrogens with zero attached hydrogens (tertiary/aromatic N) is 1. The van der Waals surface area contributed by atoms with E-state index in [1.165, 1.54) is 0 Å². The fourth-order valence-electron chi connectivity index (χ4n) is 2.40. The molecule has 0 saturated heterocycles. The molecule has 0 fully saturated rings. The van der Waals surface area contributed by atoms with Crippen LogP contribution in [0.3, 0.4) is 0 Å². The van der Waals surface area contributed by atoms with Crippen molar-refractivity contribution in [1.82, 2.24) is 5.43 Å². The average Bonchev–Trinajstić information content (AvgIpc) is 2.65. The summed E-state index contributed by atoms with van der Waals surface area (Å²) in [7, 11) is 0. The molecular weight excluding hydrogens is 320 g/mol. The second kappa shape index (κ2) is 8.96. The molecule has 4 N–H and O–H groups in total. The number of hydrogen-bond acceptors (Lipinski definition) is 5. The van der Waals surface area contributed by atoms with Crippen LogP contribution in [0.4, 0.5) is 0 Å². The first-order valence-electron chi connectivity index (χ1n) is 7.99. The minimum Gasteiger partial charge on any atom is -0.507 e. The standard InChI is InChI=1S/C19H22N2O4/c1-13(20-21-19(25)15-5-3-2-4-6-15)7-8-14-9-16(11-22)18(24)17(10-14)12-23/h2-6,9-10,22-24H,7-8,11-12H2,1H3,(H,21,25)/b20-13-. The van der Waals surface area contributed by atoms with Crippen molar-refractivity contribution in [2.24, 2.45) is 5.10 Å². The van der Waals surface area contributed by atoms with E-state index in [9.17, 15) is 20.1 Å². The molecule has 0 aliphatic carbocycles. The number of aromatic hydroxyl groups is 1. The second-order valence-electron chi connectivity index (χ2n) is 5.73. The number of aliphatic hydroxyl groups is 2. The first-order chi connectivity index (χ1) is 12.0. The van der Waals surface area contributed by atoms with Crippen LogP contribution in [0, 0.1) is 0 Å². The number of hydrazone groups is 1. The zero-order valence-electron chi connectivity index (χ0n) is 14.1. The van der Waals surface area contributed by atoms with Gasteiger partial charge in [0.15, 0.2) is 0 Å². The maximum Gasteiger partial charge on any atom is 0.271 e. The molecule has 25 heavy (non-hydrogen) atoms. The number of nitrogens with one attached hydrogen (secondary N) is 1. The Morgan fingerprint density at radius 1 is 1.08 bits per heavy atom. The van der Waals surface area contributed by atoms with Gasteiger partial charge in [0.1, 0.15) is 5.75 Å². The lowest BCUT2D eigenvalue weighted by atomic mass is 10.0. The predicted octanol–water partition coefficient (Wildman–Crippen LogP) is 2.12. The highest BCUT2D eigenvalue weighted by atomic mass is 16.3. The Morgan fingerprint density at radius 2 is 1.68 bits per heavy atom. The quantitative estimate of drug-likeness (QED) is 0.457. The van der Waals surface area contributed by atoms with Crippen molar-refractivity contribution in [1.29, 1.82) is 0 Å². The number of amides is 1. The summed E-state index contributed by atoms with van der Waals surface area (Å²) in [6.07, 6.45) is 1.20. The molecule has 0 unspecified atom stereocenters. The third-order valence-electron chi connectivity index (χ3n) is 3.83. The van der Waals surface area contributed by atoms with Crippen molar-refractivity contribution in [3.05, 3.63) is 64.7 Å². The summed E-state index contributed by atoms with van der Waals surface area (Å²) in [6.45, 7) is 1.21. The number of aliphatic hydroxyl groups excluding tert-OH is 2. The van der Waals surface area contributed by atoms with Crippen molar-refractivity contribution >= 4 is 11.6 Å². The molecule has 2 rings (SSSR count). The highest BCUT2D eigenvalue weighted by Gasteiger charge is 2.09. The summed E-state index contributed by atoms with van der Waals surface area (Å²) in [5.41, 5.74) is 5.44. The Kier molecular flexibility index (Phi) is 6.68. The molecule has 0 spiro atoms. The van der Waals surface area contributed by atoms with Crippen molar-refractivity contribution in [3.8, 4) is 5.75 Å². The van der Waals surface area contributed by atoms with Crippen LogP contribution in [0.5, 0.6) is 5.75 Å². The molecule has 0 aliphatic rings. The van der Waals surface area contributed by atoms with E-state index in [0.717, 1.165) is 11.3 Å². The Balaban J connectivity index is 1.97. The average molecular weight is 342 g/mol. The van der Waals surface area contributed by atoms with Gasteiger partial charge in [0, 0.05) is 22.4 Å². The van der Waals surface area contributed by atoms with Crippen molar-refractivity contribution < 1.29 is 20.1 Å². The molecule has 0 radical (unpaired) electrons. The van der Waals surface area contributed by atoms with Gasteiger partial charge >= 0.3 is 0 Å². The van der Waals surface area contributed by atoms with Gasteiger partial charge in [-0.1, -0.05) is 18.2 Å². The summed E-state index contributed by atoms with van der Waals surface area (Å²) in [5, 5.41) is 32.5. The number of aryl methyl sites for hydroxylation is 1. The third kappa shape index (κ3) is 5.14. The van der Waals surface area contributed by atoms with Gasteiger partial charge in [-0.2, -0.15) is 5.10 Å². The molecule has 0 saturated carbocycles. The molecule has 132 valence electrons. The number of carbonyl (C=O) groups is 1. The highest BCUT2D eigenvalue weighted by molar-refractivity contribution is 5.95. The number of phenols is 1. The lowest BCUT2D eigenvalue weighted by Crippen LogP contribution is -2.19. The maximum atomic E-state index is 11.9. The number of rotatable bonds is 7. The Morgan fingerprint density at radius 3 is 2.24 bits per heavy atom. The van der Waals surface area contributed by atoms with E-state index in [4.69, 9.17) is 0 Å².